The van der Waals surface area contributed by atoms with E-state index in [4.69, 9.17) is 9.68 Å². The number of oxime groups is 2. The number of rotatable bonds is 9. The first kappa shape index (κ1) is 30.5. The molecule has 0 saturated heterocycles. The molecule has 0 N–H and O–H groups in total. The molecular formula is C36H30N4O5. The highest BCUT2D eigenvalue weighted by molar-refractivity contribution is 6.13. The van der Waals surface area contributed by atoms with E-state index in [1.165, 1.54) is 13.8 Å². The molecule has 0 saturated carbocycles. The van der Waals surface area contributed by atoms with Crippen molar-refractivity contribution in [2.24, 2.45) is 10.3 Å². The lowest BCUT2D eigenvalue weighted by Gasteiger charge is -2.27. The number of hydrogen-bond acceptors (Lipinski definition) is 9. The van der Waals surface area contributed by atoms with Gasteiger partial charge in [-0.25, -0.2) is 9.59 Å². The second-order valence-corrected chi connectivity index (χ2v) is 10.2. The summed E-state index contributed by atoms with van der Waals surface area (Å²) in [6.45, 7) is 6.13. The fourth-order valence-electron chi connectivity index (χ4n) is 4.85. The van der Waals surface area contributed by atoms with Crippen molar-refractivity contribution >= 4 is 57.0 Å². The molecular weight excluding hydrogens is 568 g/mol. The Labute approximate surface area is 260 Å². The second kappa shape index (κ2) is 13.6. The summed E-state index contributed by atoms with van der Waals surface area (Å²) in [7, 11) is 0. The van der Waals surface area contributed by atoms with Crippen LogP contribution in [0.5, 0.6) is 0 Å². The van der Waals surface area contributed by atoms with Crippen LogP contribution in [0.1, 0.15) is 54.7 Å². The number of carbonyl (C=O) groups excluding carboxylic acids is 3. The van der Waals surface area contributed by atoms with Gasteiger partial charge >= 0.3 is 11.9 Å². The summed E-state index contributed by atoms with van der Waals surface area (Å²) < 4.78 is 0. The molecule has 0 unspecified atom stereocenters. The van der Waals surface area contributed by atoms with Gasteiger partial charge in [0.2, 0.25) is 0 Å². The maximum absolute atomic E-state index is 13.1. The smallest absolute Gasteiger partial charge is 0.318 e. The number of aromatic nitrogens is 1. The Morgan fingerprint density at radius 3 is 1.76 bits per heavy atom. The Bertz CT molecular complexity index is 1930. The molecule has 45 heavy (non-hydrogen) atoms. The third-order valence-corrected chi connectivity index (χ3v) is 7.01. The average molecular weight is 599 g/mol. The Kier molecular flexibility index (Phi) is 9.19. The van der Waals surface area contributed by atoms with Gasteiger partial charge in [-0.2, -0.15) is 0 Å². The molecule has 0 radical (unpaired) electrons. The van der Waals surface area contributed by atoms with Gasteiger partial charge in [0.15, 0.2) is 5.78 Å². The number of benzene rings is 4. The lowest BCUT2D eigenvalue weighted by atomic mass is 9.99. The largest absolute Gasteiger partial charge is 0.331 e. The molecule has 0 aliphatic rings. The molecule has 1 aromatic heterocycles. The van der Waals surface area contributed by atoms with Crippen LogP contribution >= 0.6 is 0 Å². The standard InChI is InChI=1S/C36H30N4O5/c1-23(38-44-25(3)41)27-10-14-30(15-11-27)40(31-16-12-29(13-17-31)36(43)28-8-6-5-7-9-28)35-19-18-32(24(2)39-45-26(4)42)33-20-21-37-22-34(33)35/h5-22H,1-4H3/b38-23-,39-24-. The molecule has 1 heterocycles. The second-order valence-electron chi connectivity index (χ2n) is 10.2. The molecule has 5 aromatic rings. The van der Waals surface area contributed by atoms with Crippen LogP contribution in [-0.2, 0) is 19.3 Å². The third-order valence-electron chi connectivity index (χ3n) is 7.01. The lowest BCUT2D eigenvalue weighted by Crippen LogP contribution is -2.12. The molecule has 9 heteroatoms. The quantitative estimate of drug-likeness (QED) is 0.0747. The fraction of sp³-hybridized carbons (Fsp3) is 0.111. The molecule has 9 nitrogen and oxygen atoms in total. The Morgan fingerprint density at radius 2 is 1.16 bits per heavy atom. The third kappa shape index (κ3) is 7.00. The predicted molar refractivity (Wildman–Crippen MR) is 174 cm³/mol. The highest BCUT2D eigenvalue weighted by Gasteiger charge is 2.19. The van der Waals surface area contributed by atoms with Crippen LogP contribution in [0.2, 0.25) is 0 Å². The van der Waals surface area contributed by atoms with Gasteiger partial charge < -0.3 is 14.6 Å². The van der Waals surface area contributed by atoms with Crippen molar-refractivity contribution in [1.29, 1.82) is 0 Å². The van der Waals surface area contributed by atoms with Crippen molar-refractivity contribution in [3.05, 3.63) is 132 Å². The highest BCUT2D eigenvalue weighted by Crippen LogP contribution is 2.40. The molecule has 0 aliphatic carbocycles. The summed E-state index contributed by atoms with van der Waals surface area (Å²) in [6.07, 6.45) is 3.47. The first-order chi connectivity index (χ1) is 21.7. The van der Waals surface area contributed by atoms with E-state index in [2.05, 4.69) is 20.2 Å². The zero-order valence-electron chi connectivity index (χ0n) is 25.2. The number of pyridine rings is 1. The summed E-state index contributed by atoms with van der Waals surface area (Å²) >= 11 is 0. The number of hydrogen-bond donors (Lipinski definition) is 0. The average Bonchev–Trinajstić information content (AvgIpc) is 3.07. The highest BCUT2D eigenvalue weighted by atomic mass is 16.7. The van der Waals surface area contributed by atoms with Gasteiger partial charge in [-0.3, -0.25) is 9.78 Å². The Balaban J connectivity index is 1.62. The maximum Gasteiger partial charge on any atom is 0.331 e. The Hall–Kier alpha value is -5.96. The number of carbonyl (C=O) groups is 3. The normalized spacial score (nSPS) is 11.6. The minimum atomic E-state index is -0.506. The summed E-state index contributed by atoms with van der Waals surface area (Å²) in [4.78, 5) is 51.9. The molecule has 0 fully saturated rings. The minimum Gasteiger partial charge on any atom is -0.318 e. The van der Waals surface area contributed by atoms with Crippen LogP contribution in [0.3, 0.4) is 0 Å². The number of fused-ring (bicyclic) bond motifs is 1. The van der Waals surface area contributed by atoms with Crippen LogP contribution in [-0.4, -0.2) is 34.1 Å². The first-order valence-electron chi connectivity index (χ1n) is 14.1. The molecule has 0 spiro atoms. The maximum atomic E-state index is 13.1. The van der Waals surface area contributed by atoms with Crippen molar-refractivity contribution in [2.45, 2.75) is 27.7 Å². The van der Waals surface area contributed by atoms with E-state index in [-0.39, 0.29) is 5.78 Å². The zero-order valence-corrected chi connectivity index (χ0v) is 25.2. The van der Waals surface area contributed by atoms with E-state index in [0.717, 1.165) is 39.0 Å². The molecule has 0 atom stereocenters. The molecule has 4 aromatic carbocycles. The summed E-state index contributed by atoms with van der Waals surface area (Å²) in [5, 5.41) is 9.58. The molecule has 0 aliphatic heterocycles. The van der Waals surface area contributed by atoms with Gasteiger partial charge in [0.1, 0.15) is 0 Å². The fourth-order valence-corrected chi connectivity index (χ4v) is 4.85. The predicted octanol–water partition coefficient (Wildman–Crippen LogP) is 7.51. The van der Waals surface area contributed by atoms with Crippen molar-refractivity contribution in [3.8, 4) is 0 Å². The van der Waals surface area contributed by atoms with Gasteiger partial charge in [0.25, 0.3) is 0 Å². The van der Waals surface area contributed by atoms with E-state index in [1.807, 2.05) is 84.9 Å². The van der Waals surface area contributed by atoms with Crippen molar-refractivity contribution in [2.75, 3.05) is 4.90 Å². The summed E-state index contributed by atoms with van der Waals surface area (Å²) in [5.74, 6) is -1.07. The Morgan fingerprint density at radius 1 is 0.600 bits per heavy atom. The number of ketones is 1. The molecule has 5 rings (SSSR count). The van der Waals surface area contributed by atoms with Crippen LogP contribution in [0.25, 0.3) is 10.8 Å². The number of nitrogens with zero attached hydrogens (tertiary/aromatic N) is 4. The van der Waals surface area contributed by atoms with Gasteiger partial charge in [0.05, 0.1) is 17.1 Å². The zero-order chi connectivity index (χ0) is 31.9. The van der Waals surface area contributed by atoms with Gasteiger partial charge in [-0.15, -0.1) is 0 Å². The van der Waals surface area contributed by atoms with Crippen molar-refractivity contribution in [1.82, 2.24) is 4.98 Å². The summed E-state index contributed by atoms with van der Waals surface area (Å²) in [5.41, 5.74) is 6.28. The minimum absolute atomic E-state index is 0.0675. The van der Waals surface area contributed by atoms with Gasteiger partial charge in [-0.05, 0) is 73.3 Å². The van der Waals surface area contributed by atoms with Crippen molar-refractivity contribution in [3.63, 3.8) is 0 Å². The van der Waals surface area contributed by atoms with Crippen molar-refractivity contribution < 1.29 is 24.1 Å². The van der Waals surface area contributed by atoms with E-state index in [0.29, 0.717) is 22.6 Å². The van der Waals surface area contributed by atoms with Gasteiger partial charge in [-0.1, -0.05) is 58.8 Å². The van der Waals surface area contributed by atoms with E-state index >= 15 is 0 Å². The molecule has 0 amide bonds. The van der Waals surface area contributed by atoms with Crippen LogP contribution < -0.4 is 4.90 Å². The monoisotopic (exact) mass is 598 g/mol. The van der Waals surface area contributed by atoms with Gasteiger partial charge in [0, 0.05) is 59.7 Å². The molecule has 0 bridgehead atoms. The van der Waals surface area contributed by atoms with E-state index < -0.39 is 11.9 Å². The first-order valence-corrected chi connectivity index (χ1v) is 14.1. The number of anilines is 3. The topological polar surface area (TPSA) is 111 Å². The van der Waals surface area contributed by atoms with E-state index in [9.17, 15) is 14.4 Å². The SMILES string of the molecule is CC(=O)O/N=C(/C)c1ccc(N(c2ccc(C(=O)c3ccccc3)cc2)c2ccc(/C(C)=N\OC(C)=O)c3ccncc23)cc1. The molecule has 224 valence electrons. The van der Waals surface area contributed by atoms with Crippen LogP contribution in [0, 0.1) is 0 Å². The van der Waals surface area contributed by atoms with Crippen LogP contribution in [0.15, 0.2) is 120 Å². The van der Waals surface area contributed by atoms with E-state index in [1.54, 1.807) is 38.4 Å². The lowest BCUT2D eigenvalue weighted by molar-refractivity contribution is -0.141. The van der Waals surface area contributed by atoms with Crippen LogP contribution in [0.4, 0.5) is 17.1 Å². The summed E-state index contributed by atoms with van der Waals surface area (Å²) in [6, 6.07) is 30.0.